The summed E-state index contributed by atoms with van der Waals surface area (Å²) in [7, 11) is 1.26. The molecule has 8 nitrogen and oxygen atoms in total. The molecule has 0 saturated heterocycles. The highest BCUT2D eigenvalue weighted by atomic mass is 32.1. The molecule has 2 amide bonds. The second-order valence-corrected chi connectivity index (χ2v) is 7.96. The second kappa shape index (κ2) is 10.2. The predicted octanol–water partition coefficient (Wildman–Crippen LogP) is 2.21. The van der Waals surface area contributed by atoms with Gasteiger partial charge in [-0.3, -0.25) is 14.4 Å². The van der Waals surface area contributed by atoms with Gasteiger partial charge in [0.25, 0.3) is 17.6 Å². The van der Waals surface area contributed by atoms with E-state index in [0.29, 0.717) is 24.0 Å². The summed E-state index contributed by atoms with van der Waals surface area (Å²) in [5.41, 5.74) is 5.44. The number of hydrogen-bond acceptors (Lipinski definition) is 7. The highest BCUT2D eigenvalue weighted by Crippen LogP contribution is 2.38. The van der Waals surface area contributed by atoms with Crippen LogP contribution in [0.1, 0.15) is 42.4 Å². The average molecular weight is 435 g/mol. The summed E-state index contributed by atoms with van der Waals surface area (Å²) in [6.07, 6.45) is 1.22. The van der Waals surface area contributed by atoms with Gasteiger partial charge in [0.05, 0.1) is 12.7 Å². The van der Waals surface area contributed by atoms with Gasteiger partial charge in [0.1, 0.15) is 11.8 Å². The van der Waals surface area contributed by atoms with E-state index in [2.05, 4.69) is 5.32 Å². The Hall–Kier alpha value is -2.94. The van der Waals surface area contributed by atoms with Crippen LogP contribution in [0.15, 0.2) is 18.2 Å². The molecule has 2 atom stereocenters. The number of ketones is 1. The van der Waals surface area contributed by atoms with Crippen LogP contribution in [0.25, 0.3) is 10.1 Å². The van der Waals surface area contributed by atoms with Crippen molar-refractivity contribution in [1.82, 2.24) is 5.32 Å². The number of nitrogens with one attached hydrogen (secondary N) is 1. The zero-order valence-electron chi connectivity index (χ0n) is 17.4. The van der Waals surface area contributed by atoms with E-state index in [1.54, 1.807) is 18.2 Å². The molecule has 0 radical (unpaired) electrons. The molecule has 30 heavy (non-hydrogen) atoms. The van der Waals surface area contributed by atoms with Crippen LogP contribution in [0.4, 0.5) is 0 Å². The standard InChI is InChI=1S/C21H26N2O6S/c1-5-11(3)18(21(27)28-4)23-15(24)10-29-12-8-7-9-14-16(12)17(13(6-2)30-14)19(25)20(22)26/h7-9,11,18H,5-6,10H2,1-4H3,(H2,22,26)(H,23,24)/t11-,18-/m0/s1. The molecule has 162 valence electrons. The Kier molecular flexibility index (Phi) is 7.93. The lowest BCUT2D eigenvalue weighted by molar-refractivity contribution is -0.146. The van der Waals surface area contributed by atoms with Crippen molar-refractivity contribution >= 4 is 45.0 Å². The average Bonchev–Trinajstić information content (AvgIpc) is 3.13. The molecule has 1 aromatic heterocycles. The van der Waals surface area contributed by atoms with Crippen molar-refractivity contribution in [2.75, 3.05) is 13.7 Å². The highest BCUT2D eigenvalue weighted by molar-refractivity contribution is 7.19. The van der Waals surface area contributed by atoms with Gasteiger partial charge < -0.3 is 20.5 Å². The fraction of sp³-hybridized carbons (Fsp3) is 0.429. The molecular weight excluding hydrogens is 408 g/mol. The molecule has 0 aliphatic heterocycles. The number of primary amides is 1. The van der Waals surface area contributed by atoms with Crippen molar-refractivity contribution < 1.29 is 28.7 Å². The number of carbonyl (C=O) groups excluding carboxylic acids is 4. The molecule has 0 aliphatic carbocycles. The van der Waals surface area contributed by atoms with Gasteiger partial charge in [-0.05, 0) is 24.5 Å². The number of amides is 2. The Bertz CT molecular complexity index is 968. The summed E-state index contributed by atoms with van der Waals surface area (Å²) >= 11 is 1.37. The highest BCUT2D eigenvalue weighted by Gasteiger charge is 2.28. The molecule has 0 unspecified atom stereocenters. The first-order valence-electron chi connectivity index (χ1n) is 9.63. The number of hydrogen-bond donors (Lipinski definition) is 2. The molecule has 0 fully saturated rings. The van der Waals surface area contributed by atoms with Crippen LogP contribution in [0, 0.1) is 5.92 Å². The van der Waals surface area contributed by atoms with Crippen LogP contribution < -0.4 is 15.8 Å². The summed E-state index contributed by atoms with van der Waals surface area (Å²) < 4.78 is 11.2. The van der Waals surface area contributed by atoms with E-state index < -0.39 is 29.6 Å². The lowest BCUT2D eigenvalue weighted by Gasteiger charge is -2.21. The quantitative estimate of drug-likeness (QED) is 0.336. The normalized spacial score (nSPS) is 12.8. The van der Waals surface area contributed by atoms with E-state index in [4.69, 9.17) is 15.2 Å². The molecule has 0 aliphatic rings. The number of ether oxygens (including phenoxy) is 2. The third-order valence-corrected chi connectivity index (χ3v) is 6.16. The van der Waals surface area contributed by atoms with Crippen molar-refractivity contribution in [2.45, 2.75) is 39.7 Å². The maximum absolute atomic E-state index is 12.4. The Balaban J connectivity index is 2.28. The van der Waals surface area contributed by atoms with Gasteiger partial charge in [-0.1, -0.05) is 33.3 Å². The summed E-state index contributed by atoms with van der Waals surface area (Å²) in [5, 5.41) is 3.09. The first-order chi connectivity index (χ1) is 14.2. The van der Waals surface area contributed by atoms with Gasteiger partial charge in [0, 0.05) is 15.0 Å². The number of aryl methyl sites for hydroxylation is 1. The van der Waals surface area contributed by atoms with Crippen molar-refractivity contribution in [3.63, 3.8) is 0 Å². The number of esters is 1. The number of fused-ring (bicyclic) bond motifs is 1. The molecule has 1 aromatic carbocycles. The van der Waals surface area contributed by atoms with Gasteiger partial charge in [-0.2, -0.15) is 0 Å². The molecule has 0 spiro atoms. The number of Topliss-reactive ketones (excluding diaryl/α,β-unsaturated/α-hetero) is 1. The minimum Gasteiger partial charge on any atom is -0.483 e. The Morgan fingerprint density at radius 1 is 1.20 bits per heavy atom. The maximum Gasteiger partial charge on any atom is 0.328 e. The van der Waals surface area contributed by atoms with Crippen molar-refractivity contribution in [3.05, 3.63) is 28.6 Å². The SMILES string of the molecule is CCc1sc2cccc(OCC(=O)N[C@H](C(=O)OC)[C@@H](C)CC)c2c1C(=O)C(N)=O. The third-order valence-electron chi connectivity index (χ3n) is 4.87. The van der Waals surface area contributed by atoms with Crippen LogP contribution in [0.5, 0.6) is 5.75 Å². The maximum atomic E-state index is 12.4. The molecule has 3 N–H and O–H groups in total. The molecule has 2 rings (SSSR count). The van der Waals surface area contributed by atoms with E-state index in [0.717, 1.165) is 9.58 Å². The number of rotatable bonds is 10. The zero-order valence-corrected chi connectivity index (χ0v) is 18.3. The largest absolute Gasteiger partial charge is 0.483 e. The topological polar surface area (TPSA) is 125 Å². The number of benzene rings is 1. The molecular formula is C21H26N2O6S. The summed E-state index contributed by atoms with van der Waals surface area (Å²) in [4.78, 5) is 49.0. The minimum absolute atomic E-state index is 0.117. The van der Waals surface area contributed by atoms with Gasteiger partial charge in [-0.25, -0.2) is 4.79 Å². The third kappa shape index (κ3) is 4.96. The number of carbonyl (C=O) groups is 4. The first-order valence-corrected chi connectivity index (χ1v) is 10.4. The van der Waals surface area contributed by atoms with Crippen LogP contribution in [0.3, 0.4) is 0 Å². The second-order valence-electron chi connectivity index (χ2n) is 6.82. The minimum atomic E-state index is -1.05. The summed E-state index contributed by atoms with van der Waals surface area (Å²) in [6.45, 7) is 5.24. The molecule has 0 bridgehead atoms. The van der Waals surface area contributed by atoms with Gasteiger partial charge in [-0.15, -0.1) is 11.3 Å². The van der Waals surface area contributed by atoms with E-state index >= 15 is 0 Å². The smallest absolute Gasteiger partial charge is 0.328 e. The first kappa shape index (κ1) is 23.3. The van der Waals surface area contributed by atoms with Crippen LogP contribution in [-0.2, 0) is 25.5 Å². The Morgan fingerprint density at radius 3 is 2.47 bits per heavy atom. The van der Waals surface area contributed by atoms with E-state index in [1.807, 2.05) is 20.8 Å². The Morgan fingerprint density at radius 2 is 1.90 bits per heavy atom. The molecule has 2 aromatic rings. The van der Waals surface area contributed by atoms with Crippen LogP contribution in [-0.4, -0.2) is 43.3 Å². The number of methoxy groups -OCH3 is 1. The summed E-state index contributed by atoms with van der Waals surface area (Å²) in [5.74, 6) is -2.70. The zero-order chi connectivity index (χ0) is 22.4. The van der Waals surface area contributed by atoms with Crippen LogP contribution in [0.2, 0.25) is 0 Å². The van der Waals surface area contributed by atoms with E-state index in [1.165, 1.54) is 18.4 Å². The predicted molar refractivity (Wildman–Crippen MR) is 114 cm³/mol. The van der Waals surface area contributed by atoms with Gasteiger partial charge >= 0.3 is 5.97 Å². The number of thiophene rings is 1. The molecule has 1 heterocycles. The number of nitrogens with two attached hydrogens (primary N) is 1. The van der Waals surface area contributed by atoms with Crippen molar-refractivity contribution in [2.24, 2.45) is 11.7 Å². The summed E-state index contributed by atoms with van der Waals surface area (Å²) in [6, 6.07) is 4.37. The fourth-order valence-corrected chi connectivity index (χ4v) is 4.21. The lowest BCUT2D eigenvalue weighted by Crippen LogP contribution is -2.47. The lowest BCUT2D eigenvalue weighted by atomic mass is 9.99. The molecule has 0 saturated carbocycles. The van der Waals surface area contributed by atoms with Gasteiger partial charge in [0.2, 0.25) is 0 Å². The fourth-order valence-electron chi connectivity index (χ4n) is 3.05. The van der Waals surface area contributed by atoms with E-state index in [9.17, 15) is 19.2 Å². The molecule has 9 heteroatoms. The Labute approximate surface area is 178 Å². The van der Waals surface area contributed by atoms with Crippen molar-refractivity contribution in [1.29, 1.82) is 0 Å². The van der Waals surface area contributed by atoms with Gasteiger partial charge in [0.15, 0.2) is 6.61 Å². The van der Waals surface area contributed by atoms with E-state index in [-0.39, 0.29) is 18.1 Å². The monoisotopic (exact) mass is 434 g/mol. The van der Waals surface area contributed by atoms with Crippen LogP contribution >= 0.6 is 11.3 Å². The van der Waals surface area contributed by atoms with Crippen molar-refractivity contribution in [3.8, 4) is 5.75 Å².